The molecule has 0 unspecified atom stereocenters. The zero-order valence-electron chi connectivity index (χ0n) is 15.4. The molecule has 0 bridgehead atoms. The smallest absolute Gasteiger partial charge is 0.261 e. The maximum absolute atomic E-state index is 12.3. The van der Waals surface area contributed by atoms with E-state index in [-0.39, 0.29) is 5.91 Å². The van der Waals surface area contributed by atoms with Gasteiger partial charge < -0.3 is 24.3 Å². The van der Waals surface area contributed by atoms with Gasteiger partial charge in [0.1, 0.15) is 18.1 Å². The van der Waals surface area contributed by atoms with Crippen molar-refractivity contribution in [3.63, 3.8) is 0 Å². The summed E-state index contributed by atoms with van der Waals surface area (Å²) in [7, 11) is 3.18. The molecule has 1 atom stereocenters. The lowest BCUT2D eigenvalue weighted by Crippen LogP contribution is -2.39. The zero-order valence-corrected chi connectivity index (χ0v) is 15.4. The third kappa shape index (κ3) is 5.58. The Balaban J connectivity index is 1.79. The van der Waals surface area contributed by atoms with Gasteiger partial charge in [-0.15, -0.1) is 0 Å². The molecule has 0 saturated carbocycles. The molecule has 0 heterocycles. The van der Waals surface area contributed by atoms with Crippen LogP contribution in [0, 0.1) is 0 Å². The molecule has 2 rings (SSSR count). The lowest BCUT2D eigenvalue weighted by molar-refractivity contribution is -0.128. The van der Waals surface area contributed by atoms with Crippen molar-refractivity contribution in [1.29, 1.82) is 0 Å². The predicted octanol–water partition coefficient (Wildman–Crippen LogP) is 3.06. The third-order valence-electron chi connectivity index (χ3n) is 3.73. The molecular weight excluding hydrogens is 334 g/mol. The van der Waals surface area contributed by atoms with Crippen molar-refractivity contribution in [2.45, 2.75) is 19.4 Å². The molecule has 0 radical (unpaired) electrons. The number of nitrogens with one attached hydrogen (secondary N) is 1. The van der Waals surface area contributed by atoms with Gasteiger partial charge in [0, 0.05) is 0 Å². The Morgan fingerprint density at radius 3 is 2.23 bits per heavy atom. The van der Waals surface area contributed by atoms with Crippen LogP contribution in [-0.2, 0) is 4.79 Å². The van der Waals surface area contributed by atoms with E-state index >= 15 is 0 Å². The molecule has 6 nitrogen and oxygen atoms in total. The van der Waals surface area contributed by atoms with Crippen molar-refractivity contribution >= 4 is 5.91 Å². The predicted molar refractivity (Wildman–Crippen MR) is 99.2 cm³/mol. The maximum atomic E-state index is 12.3. The van der Waals surface area contributed by atoms with Crippen molar-refractivity contribution in [2.24, 2.45) is 0 Å². The van der Waals surface area contributed by atoms with Gasteiger partial charge >= 0.3 is 0 Å². The molecular formula is C20H25NO5. The van der Waals surface area contributed by atoms with Gasteiger partial charge in [-0.3, -0.25) is 4.79 Å². The molecule has 140 valence electrons. The topological polar surface area (TPSA) is 66.0 Å². The van der Waals surface area contributed by atoms with Crippen LogP contribution < -0.4 is 24.3 Å². The van der Waals surface area contributed by atoms with Gasteiger partial charge in [-0.25, -0.2) is 0 Å². The van der Waals surface area contributed by atoms with Crippen LogP contribution in [0.15, 0.2) is 48.5 Å². The summed E-state index contributed by atoms with van der Waals surface area (Å²) in [5.41, 5.74) is 0. The van der Waals surface area contributed by atoms with Crippen LogP contribution in [0.3, 0.4) is 0 Å². The number of methoxy groups -OCH3 is 2. The highest BCUT2D eigenvalue weighted by Crippen LogP contribution is 2.27. The highest BCUT2D eigenvalue weighted by Gasteiger charge is 2.19. The van der Waals surface area contributed by atoms with Crippen molar-refractivity contribution in [2.75, 3.05) is 27.4 Å². The first-order chi connectivity index (χ1) is 12.7. The normalized spacial score (nSPS) is 11.3. The summed E-state index contributed by atoms with van der Waals surface area (Å²) in [6.07, 6.45) is -0.0456. The lowest BCUT2D eigenvalue weighted by Gasteiger charge is -2.19. The van der Waals surface area contributed by atoms with Gasteiger partial charge in [-0.2, -0.15) is 0 Å². The van der Waals surface area contributed by atoms with E-state index in [0.717, 1.165) is 11.5 Å². The number of rotatable bonds is 10. The van der Waals surface area contributed by atoms with Crippen LogP contribution in [0.2, 0.25) is 0 Å². The first kappa shape index (κ1) is 19.4. The van der Waals surface area contributed by atoms with Crippen molar-refractivity contribution in [3.8, 4) is 23.0 Å². The molecule has 2 aromatic carbocycles. The lowest BCUT2D eigenvalue weighted by atomic mass is 10.2. The number of para-hydroxylation sites is 2. The summed E-state index contributed by atoms with van der Waals surface area (Å²) < 4.78 is 21.7. The van der Waals surface area contributed by atoms with Gasteiger partial charge in [-0.05, 0) is 42.8 Å². The van der Waals surface area contributed by atoms with Crippen LogP contribution >= 0.6 is 0 Å². The quantitative estimate of drug-likeness (QED) is 0.661. The second-order valence-electron chi connectivity index (χ2n) is 5.48. The minimum atomic E-state index is -0.590. The average molecular weight is 359 g/mol. The third-order valence-corrected chi connectivity index (χ3v) is 3.73. The van der Waals surface area contributed by atoms with Gasteiger partial charge in [-0.1, -0.05) is 19.1 Å². The van der Waals surface area contributed by atoms with E-state index in [1.165, 1.54) is 0 Å². The van der Waals surface area contributed by atoms with E-state index in [1.807, 2.05) is 43.3 Å². The second kappa shape index (κ2) is 10.2. The maximum Gasteiger partial charge on any atom is 0.261 e. The van der Waals surface area contributed by atoms with E-state index in [4.69, 9.17) is 18.9 Å². The fourth-order valence-corrected chi connectivity index (χ4v) is 2.32. The van der Waals surface area contributed by atoms with Gasteiger partial charge in [0.05, 0.1) is 20.8 Å². The highest BCUT2D eigenvalue weighted by molar-refractivity contribution is 5.81. The summed E-state index contributed by atoms with van der Waals surface area (Å²) in [6, 6.07) is 14.5. The highest BCUT2D eigenvalue weighted by atomic mass is 16.5. The standard InChI is InChI=1S/C20H25NO5/c1-4-17(26-19-8-6-5-7-18(19)24-3)20(22)21-13-14-25-16-11-9-15(23-2)10-12-16/h5-12,17H,4,13-14H2,1-3H3,(H,21,22)/t17-/m1/s1. The fraction of sp³-hybridized carbons (Fsp3) is 0.350. The zero-order chi connectivity index (χ0) is 18.8. The van der Waals surface area contributed by atoms with Crippen LogP contribution in [0.1, 0.15) is 13.3 Å². The molecule has 0 aromatic heterocycles. The molecule has 1 amide bonds. The van der Waals surface area contributed by atoms with E-state index in [1.54, 1.807) is 26.4 Å². The number of benzene rings is 2. The van der Waals surface area contributed by atoms with Crippen molar-refractivity contribution in [3.05, 3.63) is 48.5 Å². The monoisotopic (exact) mass is 359 g/mol. The largest absolute Gasteiger partial charge is 0.497 e. The summed E-state index contributed by atoms with van der Waals surface area (Å²) in [6.45, 7) is 2.65. The Kier molecular flexibility index (Phi) is 7.61. The Morgan fingerprint density at radius 1 is 0.962 bits per heavy atom. The first-order valence-electron chi connectivity index (χ1n) is 8.52. The Morgan fingerprint density at radius 2 is 1.62 bits per heavy atom. The fourth-order valence-electron chi connectivity index (χ4n) is 2.32. The van der Waals surface area contributed by atoms with Gasteiger partial charge in [0.15, 0.2) is 17.6 Å². The van der Waals surface area contributed by atoms with Crippen molar-refractivity contribution < 1.29 is 23.7 Å². The summed E-state index contributed by atoms with van der Waals surface area (Å²) in [5.74, 6) is 2.45. The molecule has 26 heavy (non-hydrogen) atoms. The number of amides is 1. The number of hydrogen-bond donors (Lipinski definition) is 1. The average Bonchev–Trinajstić information content (AvgIpc) is 2.69. The Labute approximate surface area is 154 Å². The van der Waals surface area contributed by atoms with E-state index in [9.17, 15) is 4.79 Å². The molecule has 2 aromatic rings. The molecule has 0 saturated heterocycles. The van der Waals surface area contributed by atoms with E-state index < -0.39 is 6.10 Å². The summed E-state index contributed by atoms with van der Waals surface area (Å²) >= 11 is 0. The molecule has 1 N–H and O–H groups in total. The number of ether oxygens (including phenoxy) is 4. The SMILES string of the molecule is CC[C@@H](Oc1ccccc1OC)C(=O)NCCOc1ccc(OC)cc1. The van der Waals surface area contributed by atoms with Gasteiger partial charge in [0.2, 0.25) is 0 Å². The van der Waals surface area contributed by atoms with Gasteiger partial charge in [0.25, 0.3) is 5.91 Å². The Hall–Kier alpha value is -2.89. The number of carbonyl (C=O) groups excluding carboxylic acids is 1. The van der Waals surface area contributed by atoms with Crippen LogP contribution in [-0.4, -0.2) is 39.4 Å². The van der Waals surface area contributed by atoms with Crippen LogP contribution in [0.5, 0.6) is 23.0 Å². The molecule has 6 heteroatoms. The summed E-state index contributed by atoms with van der Waals surface area (Å²) in [4.78, 5) is 12.3. The Bertz CT molecular complexity index is 687. The molecule has 0 spiro atoms. The number of carbonyl (C=O) groups is 1. The van der Waals surface area contributed by atoms with Crippen LogP contribution in [0.4, 0.5) is 0 Å². The minimum absolute atomic E-state index is 0.184. The molecule has 0 aliphatic rings. The molecule has 0 aliphatic heterocycles. The molecule has 0 fully saturated rings. The first-order valence-corrected chi connectivity index (χ1v) is 8.52. The van der Waals surface area contributed by atoms with Crippen molar-refractivity contribution in [1.82, 2.24) is 5.32 Å². The van der Waals surface area contributed by atoms with E-state index in [2.05, 4.69) is 5.32 Å². The molecule has 0 aliphatic carbocycles. The van der Waals surface area contributed by atoms with E-state index in [0.29, 0.717) is 31.1 Å². The summed E-state index contributed by atoms with van der Waals surface area (Å²) in [5, 5.41) is 2.83. The minimum Gasteiger partial charge on any atom is -0.497 e. The second-order valence-corrected chi connectivity index (χ2v) is 5.48. The van der Waals surface area contributed by atoms with Crippen LogP contribution in [0.25, 0.3) is 0 Å². The number of hydrogen-bond acceptors (Lipinski definition) is 5.